The second-order valence-electron chi connectivity index (χ2n) is 7.32. The Morgan fingerprint density at radius 1 is 1.03 bits per heavy atom. The van der Waals surface area contributed by atoms with Gasteiger partial charge >= 0.3 is 0 Å². The molecule has 0 atom stereocenters. The van der Waals surface area contributed by atoms with Crippen LogP contribution in [0, 0.1) is 0 Å². The number of methoxy groups -OCH3 is 1. The Balaban J connectivity index is 1.59. The van der Waals surface area contributed by atoms with Gasteiger partial charge in [0.05, 0.1) is 24.9 Å². The minimum atomic E-state index is -0.269. The summed E-state index contributed by atoms with van der Waals surface area (Å²) in [7, 11) is 1.60. The molecular formula is C25H20N2O5. The third kappa shape index (κ3) is 3.54. The Morgan fingerprint density at radius 3 is 2.56 bits per heavy atom. The van der Waals surface area contributed by atoms with Crippen molar-refractivity contribution in [3.8, 4) is 23.1 Å². The molecule has 0 saturated heterocycles. The lowest BCUT2D eigenvalue weighted by molar-refractivity contribution is 0.174. The molecule has 0 fully saturated rings. The summed E-state index contributed by atoms with van der Waals surface area (Å²) in [6.45, 7) is 0.397. The minimum Gasteiger partial charge on any atom is -0.497 e. The predicted octanol–water partition coefficient (Wildman–Crippen LogP) is 4.24. The number of ether oxygens (including phenoxy) is 3. The van der Waals surface area contributed by atoms with Gasteiger partial charge in [0.15, 0.2) is 11.5 Å². The van der Waals surface area contributed by atoms with E-state index in [4.69, 9.17) is 14.2 Å². The highest BCUT2D eigenvalue weighted by Gasteiger charge is 2.16. The first-order valence-electron chi connectivity index (χ1n) is 10.0. The molecule has 160 valence electrons. The van der Waals surface area contributed by atoms with Crippen molar-refractivity contribution in [3.05, 3.63) is 88.2 Å². The van der Waals surface area contributed by atoms with Crippen LogP contribution in [0.2, 0.25) is 0 Å². The molecule has 1 aliphatic heterocycles. The lowest BCUT2D eigenvalue weighted by atomic mass is 10.1. The van der Waals surface area contributed by atoms with E-state index in [0.29, 0.717) is 33.5 Å². The first kappa shape index (κ1) is 19.7. The number of hydrogen-bond acceptors (Lipinski definition) is 6. The fraction of sp³-hybridized carbons (Fsp3) is 0.120. The second kappa shape index (κ2) is 8.11. The van der Waals surface area contributed by atoms with Gasteiger partial charge in [-0.15, -0.1) is 0 Å². The van der Waals surface area contributed by atoms with Crippen molar-refractivity contribution in [1.82, 2.24) is 4.57 Å². The molecule has 1 aromatic heterocycles. The third-order valence-electron chi connectivity index (χ3n) is 5.39. The normalized spacial score (nSPS) is 12.5. The van der Waals surface area contributed by atoms with Gasteiger partial charge in [-0.05, 0) is 35.9 Å². The molecular weight excluding hydrogens is 408 g/mol. The second-order valence-corrected chi connectivity index (χ2v) is 7.32. The summed E-state index contributed by atoms with van der Waals surface area (Å²) in [6.07, 6.45) is 1.57. The van der Waals surface area contributed by atoms with Gasteiger partial charge in [-0.1, -0.05) is 30.3 Å². The van der Waals surface area contributed by atoms with Crippen LogP contribution in [-0.2, 0) is 6.54 Å². The summed E-state index contributed by atoms with van der Waals surface area (Å²) < 4.78 is 17.3. The van der Waals surface area contributed by atoms with Crippen LogP contribution < -0.4 is 19.8 Å². The molecule has 2 heterocycles. The number of pyridine rings is 1. The van der Waals surface area contributed by atoms with Crippen LogP contribution in [0.4, 0.5) is 5.69 Å². The van der Waals surface area contributed by atoms with Gasteiger partial charge in [-0.3, -0.25) is 14.4 Å². The van der Waals surface area contributed by atoms with Gasteiger partial charge in [-0.2, -0.15) is 0 Å². The first-order valence-corrected chi connectivity index (χ1v) is 10.0. The molecule has 4 aromatic rings. The van der Waals surface area contributed by atoms with Crippen molar-refractivity contribution in [2.24, 2.45) is 4.99 Å². The highest BCUT2D eigenvalue weighted by Crippen LogP contribution is 2.35. The number of aromatic nitrogens is 1. The molecule has 7 heteroatoms. The highest BCUT2D eigenvalue weighted by molar-refractivity contribution is 6.02. The molecule has 0 saturated carbocycles. The van der Waals surface area contributed by atoms with Crippen LogP contribution in [0.25, 0.3) is 10.8 Å². The molecule has 32 heavy (non-hydrogen) atoms. The van der Waals surface area contributed by atoms with E-state index in [1.165, 1.54) is 4.57 Å². The molecule has 0 bridgehead atoms. The monoisotopic (exact) mass is 428 g/mol. The summed E-state index contributed by atoms with van der Waals surface area (Å²) in [5.74, 6) is 1.87. The average molecular weight is 428 g/mol. The van der Waals surface area contributed by atoms with Crippen molar-refractivity contribution in [1.29, 1.82) is 0 Å². The maximum atomic E-state index is 13.1. The van der Waals surface area contributed by atoms with Gasteiger partial charge in [0.2, 0.25) is 12.7 Å². The number of aliphatic imine (C=N–C) groups is 1. The summed E-state index contributed by atoms with van der Waals surface area (Å²) in [5.41, 5.74) is 1.70. The lowest BCUT2D eigenvalue weighted by Gasteiger charge is -2.14. The molecule has 5 rings (SSSR count). The minimum absolute atomic E-state index is 0.144. The molecule has 1 N–H and O–H groups in total. The van der Waals surface area contributed by atoms with Crippen molar-refractivity contribution in [3.63, 3.8) is 0 Å². The Labute approximate surface area is 183 Å². The van der Waals surface area contributed by atoms with Gasteiger partial charge in [-0.25, -0.2) is 0 Å². The van der Waals surface area contributed by atoms with Crippen LogP contribution >= 0.6 is 0 Å². The fourth-order valence-corrected chi connectivity index (χ4v) is 3.70. The van der Waals surface area contributed by atoms with E-state index in [1.807, 2.05) is 30.3 Å². The van der Waals surface area contributed by atoms with E-state index in [1.54, 1.807) is 49.7 Å². The Bertz CT molecular complexity index is 1390. The SMILES string of the molecule is COc1ccc(Cn2c(O)c(C=Nc3ccc4c(c3)OCO4)c3ccccc3c2=O)cc1. The molecule has 0 aliphatic carbocycles. The maximum Gasteiger partial charge on any atom is 0.261 e. The topological polar surface area (TPSA) is 82.3 Å². The zero-order valence-corrected chi connectivity index (χ0v) is 17.3. The number of nitrogens with zero attached hydrogens (tertiary/aromatic N) is 2. The summed E-state index contributed by atoms with van der Waals surface area (Å²) in [6, 6.07) is 19.9. The van der Waals surface area contributed by atoms with E-state index in [0.717, 1.165) is 11.3 Å². The van der Waals surface area contributed by atoms with Crippen LogP contribution in [0.3, 0.4) is 0 Å². The van der Waals surface area contributed by atoms with Crippen molar-refractivity contribution in [2.45, 2.75) is 6.54 Å². The highest BCUT2D eigenvalue weighted by atomic mass is 16.7. The smallest absolute Gasteiger partial charge is 0.261 e. The van der Waals surface area contributed by atoms with E-state index >= 15 is 0 Å². The molecule has 3 aromatic carbocycles. The van der Waals surface area contributed by atoms with Crippen molar-refractivity contribution in [2.75, 3.05) is 13.9 Å². The summed E-state index contributed by atoms with van der Waals surface area (Å²) in [4.78, 5) is 17.6. The Morgan fingerprint density at radius 2 is 1.78 bits per heavy atom. The number of aromatic hydroxyl groups is 1. The van der Waals surface area contributed by atoms with Crippen LogP contribution in [-0.4, -0.2) is 29.8 Å². The molecule has 1 aliphatic rings. The number of rotatable bonds is 5. The molecule has 0 amide bonds. The van der Waals surface area contributed by atoms with Gasteiger partial charge < -0.3 is 19.3 Å². The summed E-state index contributed by atoms with van der Waals surface area (Å²) >= 11 is 0. The van der Waals surface area contributed by atoms with Gasteiger partial charge in [0, 0.05) is 23.1 Å². The standard InChI is InChI=1S/C25H20N2O5/c1-30-18-9-6-16(7-10-18)14-27-24(28)20-5-3-2-4-19(20)21(25(27)29)13-26-17-8-11-22-23(12-17)32-15-31-22/h2-13,29H,14-15H2,1H3. The molecule has 0 radical (unpaired) electrons. The first-order chi connectivity index (χ1) is 15.6. The Kier molecular flexibility index (Phi) is 4.99. The van der Waals surface area contributed by atoms with Crippen LogP contribution in [0.1, 0.15) is 11.1 Å². The molecule has 0 spiro atoms. The molecule has 0 unspecified atom stereocenters. The van der Waals surface area contributed by atoms with Crippen LogP contribution in [0.15, 0.2) is 76.5 Å². The average Bonchev–Trinajstić information content (AvgIpc) is 3.30. The summed E-state index contributed by atoms with van der Waals surface area (Å²) in [5, 5.41) is 12.2. The zero-order chi connectivity index (χ0) is 22.1. The van der Waals surface area contributed by atoms with Gasteiger partial charge in [0.25, 0.3) is 5.56 Å². The number of fused-ring (bicyclic) bond motifs is 2. The van der Waals surface area contributed by atoms with E-state index in [2.05, 4.69) is 4.99 Å². The molecule has 7 nitrogen and oxygen atoms in total. The maximum absolute atomic E-state index is 13.1. The zero-order valence-electron chi connectivity index (χ0n) is 17.3. The quantitative estimate of drug-likeness (QED) is 0.481. The van der Waals surface area contributed by atoms with Crippen molar-refractivity contribution < 1.29 is 19.3 Å². The number of benzene rings is 3. The van der Waals surface area contributed by atoms with E-state index in [9.17, 15) is 9.90 Å². The van der Waals surface area contributed by atoms with Crippen molar-refractivity contribution >= 4 is 22.7 Å². The number of hydrogen-bond donors (Lipinski definition) is 1. The van der Waals surface area contributed by atoms with E-state index < -0.39 is 0 Å². The lowest BCUT2D eigenvalue weighted by Crippen LogP contribution is -2.22. The van der Waals surface area contributed by atoms with Crippen LogP contribution in [0.5, 0.6) is 23.1 Å². The Hall–Kier alpha value is -4.26. The predicted molar refractivity (Wildman–Crippen MR) is 122 cm³/mol. The van der Waals surface area contributed by atoms with E-state index in [-0.39, 0.29) is 24.8 Å². The van der Waals surface area contributed by atoms with Gasteiger partial charge in [0.1, 0.15) is 5.75 Å². The fourth-order valence-electron chi connectivity index (χ4n) is 3.70. The third-order valence-corrected chi connectivity index (χ3v) is 5.39. The largest absolute Gasteiger partial charge is 0.497 e.